The molecule has 0 spiro atoms. The number of nitro groups is 1. The van der Waals surface area contributed by atoms with Crippen LogP contribution in [0.2, 0.25) is 0 Å². The SMILES string of the molecule is Cc1c(C(=O)N(C)C)csc1[N+](=O)[O-]. The average molecular weight is 214 g/mol. The summed E-state index contributed by atoms with van der Waals surface area (Å²) in [5, 5.41) is 12.1. The number of hydrogen-bond acceptors (Lipinski definition) is 4. The Kier molecular flexibility index (Phi) is 2.85. The van der Waals surface area contributed by atoms with Crippen LogP contribution in [-0.2, 0) is 0 Å². The van der Waals surface area contributed by atoms with Crippen molar-refractivity contribution >= 4 is 22.2 Å². The Hall–Kier alpha value is -1.43. The normalized spacial score (nSPS) is 9.93. The molecule has 1 aromatic rings. The largest absolute Gasteiger partial charge is 0.345 e. The van der Waals surface area contributed by atoms with Crippen LogP contribution in [0.5, 0.6) is 0 Å². The van der Waals surface area contributed by atoms with Gasteiger partial charge >= 0.3 is 5.00 Å². The Bertz CT molecular complexity index is 384. The standard InChI is InChI=1S/C8H10N2O3S/c1-5-6(7(11)9(2)3)4-14-8(5)10(12)13/h4H,1-3H3. The maximum Gasteiger partial charge on any atom is 0.327 e. The summed E-state index contributed by atoms with van der Waals surface area (Å²) in [5.74, 6) is -0.202. The van der Waals surface area contributed by atoms with Gasteiger partial charge in [-0.05, 0) is 6.92 Å². The number of thiophene rings is 1. The molecule has 5 nitrogen and oxygen atoms in total. The van der Waals surface area contributed by atoms with Crippen LogP contribution >= 0.6 is 11.3 Å². The molecule has 1 amide bonds. The van der Waals surface area contributed by atoms with E-state index in [1.165, 1.54) is 10.3 Å². The Labute approximate surface area is 85.1 Å². The van der Waals surface area contributed by atoms with Crippen LogP contribution in [0, 0.1) is 17.0 Å². The van der Waals surface area contributed by atoms with Gasteiger partial charge in [-0.15, -0.1) is 0 Å². The summed E-state index contributed by atoms with van der Waals surface area (Å²) in [7, 11) is 3.23. The molecule has 14 heavy (non-hydrogen) atoms. The fraction of sp³-hybridized carbons (Fsp3) is 0.375. The predicted octanol–water partition coefficient (Wildman–Crippen LogP) is 1.67. The summed E-state index contributed by atoms with van der Waals surface area (Å²) in [5.41, 5.74) is 0.852. The fourth-order valence-corrected chi connectivity index (χ4v) is 1.92. The van der Waals surface area contributed by atoms with Gasteiger partial charge in [-0.25, -0.2) is 0 Å². The van der Waals surface area contributed by atoms with Gasteiger partial charge < -0.3 is 4.90 Å². The van der Waals surface area contributed by atoms with E-state index in [1.807, 2.05) is 0 Å². The van der Waals surface area contributed by atoms with Crippen molar-refractivity contribution in [2.75, 3.05) is 14.1 Å². The molecule has 0 N–H and O–H groups in total. The highest BCUT2D eigenvalue weighted by Crippen LogP contribution is 2.29. The van der Waals surface area contributed by atoms with Gasteiger partial charge in [0.1, 0.15) is 0 Å². The van der Waals surface area contributed by atoms with Crippen LogP contribution < -0.4 is 0 Å². The molecule has 1 rings (SSSR count). The summed E-state index contributed by atoms with van der Waals surface area (Å²) in [6, 6.07) is 0. The van der Waals surface area contributed by atoms with Crippen LogP contribution in [0.3, 0.4) is 0 Å². The summed E-state index contributed by atoms with van der Waals surface area (Å²) >= 11 is 0.983. The minimum absolute atomic E-state index is 0.0372. The molecule has 0 bridgehead atoms. The van der Waals surface area contributed by atoms with E-state index in [2.05, 4.69) is 0 Å². The zero-order chi connectivity index (χ0) is 10.9. The van der Waals surface area contributed by atoms with Crippen molar-refractivity contribution in [1.82, 2.24) is 4.90 Å². The van der Waals surface area contributed by atoms with E-state index in [0.29, 0.717) is 11.1 Å². The second kappa shape index (κ2) is 3.75. The topological polar surface area (TPSA) is 63.5 Å². The first-order chi connectivity index (χ1) is 6.45. The van der Waals surface area contributed by atoms with Gasteiger partial charge in [-0.3, -0.25) is 14.9 Å². The van der Waals surface area contributed by atoms with Gasteiger partial charge in [0.15, 0.2) is 0 Å². The number of hydrogen-bond donors (Lipinski definition) is 0. The van der Waals surface area contributed by atoms with Crippen molar-refractivity contribution in [3.63, 3.8) is 0 Å². The third-order valence-corrected chi connectivity index (χ3v) is 2.85. The van der Waals surface area contributed by atoms with Crippen molar-refractivity contribution < 1.29 is 9.72 Å². The minimum atomic E-state index is -0.466. The maximum absolute atomic E-state index is 11.5. The third kappa shape index (κ3) is 1.74. The first-order valence-corrected chi connectivity index (χ1v) is 4.77. The van der Waals surface area contributed by atoms with E-state index >= 15 is 0 Å². The molecule has 1 heterocycles. The molecular formula is C8H10N2O3S. The molecule has 0 atom stereocenters. The van der Waals surface area contributed by atoms with E-state index in [1.54, 1.807) is 21.0 Å². The first-order valence-electron chi connectivity index (χ1n) is 3.89. The van der Waals surface area contributed by atoms with Gasteiger partial charge in [0, 0.05) is 19.5 Å². The molecule has 1 aromatic heterocycles. The Balaban J connectivity index is 3.13. The summed E-state index contributed by atoms with van der Waals surface area (Å²) < 4.78 is 0. The first kappa shape index (κ1) is 10.6. The van der Waals surface area contributed by atoms with Crippen molar-refractivity contribution in [1.29, 1.82) is 0 Å². The van der Waals surface area contributed by atoms with Gasteiger partial charge in [-0.2, -0.15) is 0 Å². The maximum atomic E-state index is 11.5. The highest BCUT2D eigenvalue weighted by molar-refractivity contribution is 7.13. The van der Waals surface area contributed by atoms with Crippen LogP contribution in [0.15, 0.2) is 5.38 Å². The molecule has 0 saturated carbocycles. The number of nitrogens with zero attached hydrogens (tertiary/aromatic N) is 2. The van der Waals surface area contributed by atoms with E-state index in [0.717, 1.165) is 11.3 Å². The molecule has 6 heteroatoms. The second-order valence-corrected chi connectivity index (χ2v) is 3.89. The molecule has 0 saturated heterocycles. The number of rotatable bonds is 2. The van der Waals surface area contributed by atoms with Crippen LogP contribution in [0.1, 0.15) is 15.9 Å². The Morgan fingerprint density at radius 3 is 2.50 bits per heavy atom. The second-order valence-electron chi connectivity index (χ2n) is 3.04. The van der Waals surface area contributed by atoms with E-state index in [-0.39, 0.29) is 10.9 Å². The lowest BCUT2D eigenvalue weighted by Gasteiger charge is -2.08. The van der Waals surface area contributed by atoms with Crippen molar-refractivity contribution in [2.24, 2.45) is 0 Å². The fourth-order valence-electron chi connectivity index (χ4n) is 1.04. The van der Waals surface area contributed by atoms with E-state index < -0.39 is 4.92 Å². The lowest BCUT2D eigenvalue weighted by molar-refractivity contribution is -0.380. The minimum Gasteiger partial charge on any atom is -0.345 e. The zero-order valence-electron chi connectivity index (χ0n) is 8.10. The highest BCUT2D eigenvalue weighted by Gasteiger charge is 2.22. The van der Waals surface area contributed by atoms with Crippen LogP contribution in [0.25, 0.3) is 0 Å². The molecule has 0 fully saturated rings. The summed E-state index contributed by atoms with van der Waals surface area (Å²) in [6.45, 7) is 1.59. The molecule has 0 radical (unpaired) electrons. The quantitative estimate of drug-likeness (QED) is 0.555. The van der Waals surface area contributed by atoms with E-state index in [4.69, 9.17) is 0 Å². The molecule has 0 aliphatic rings. The Morgan fingerprint density at radius 2 is 2.14 bits per heavy atom. The smallest absolute Gasteiger partial charge is 0.327 e. The molecular weight excluding hydrogens is 204 g/mol. The number of carbonyl (C=O) groups is 1. The number of carbonyl (C=O) groups excluding carboxylic acids is 1. The van der Waals surface area contributed by atoms with Crippen molar-refractivity contribution in [2.45, 2.75) is 6.92 Å². The molecule has 0 aliphatic heterocycles. The highest BCUT2D eigenvalue weighted by atomic mass is 32.1. The summed E-state index contributed by atoms with van der Waals surface area (Å²) in [6.07, 6.45) is 0. The summed E-state index contributed by atoms with van der Waals surface area (Å²) in [4.78, 5) is 23.0. The lowest BCUT2D eigenvalue weighted by Crippen LogP contribution is -2.21. The Morgan fingerprint density at radius 1 is 1.57 bits per heavy atom. The molecule has 0 aromatic carbocycles. The van der Waals surface area contributed by atoms with Gasteiger partial charge in [-0.1, -0.05) is 11.3 Å². The van der Waals surface area contributed by atoms with Gasteiger partial charge in [0.05, 0.1) is 16.1 Å². The number of amides is 1. The van der Waals surface area contributed by atoms with Gasteiger partial charge in [0.25, 0.3) is 5.91 Å². The monoisotopic (exact) mass is 214 g/mol. The molecule has 0 unspecified atom stereocenters. The predicted molar refractivity (Wildman–Crippen MR) is 53.7 cm³/mol. The van der Waals surface area contributed by atoms with Crippen LogP contribution in [-0.4, -0.2) is 29.8 Å². The molecule has 0 aliphatic carbocycles. The van der Waals surface area contributed by atoms with E-state index in [9.17, 15) is 14.9 Å². The van der Waals surface area contributed by atoms with Crippen molar-refractivity contribution in [3.8, 4) is 0 Å². The van der Waals surface area contributed by atoms with Crippen LogP contribution in [0.4, 0.5) is 5.00 Å². The zero-order valence-corrected chi connectivity index (χ0v) is 8.92. The molecule has 76 valence electrons. The van der Waals surface area contributed by atoms with Crippen molar-refractivity contribution in [3.05, 3.63) is 26.6 Å². The average Bonchev–Trinajstić information content (AvgIpc) is 2.45. The lowest BCUT2D eigenvalue weighted by atomic mass is 10.2. The third-order valence-electron chi connectivity index (χ3n) is 1.82. The van der Waals surface area contributed by atoms with Gasteiger partial charge in [0.2, 0.25) is 0 Å².